The normalized spacial score (nSPS) is 14.2. The van der Waals surface area contributed by atoms with E-state index in [1.54, 1.807) is 12.1 Å². The molecular weight excluding hydrogens is 655 g/mol. The average Bonchev–Trinajstić information content (AvgIpc) is 3.74. The summed E-state index contributed by atoms with van der Waals surface area (Å²) in [6.07, 6.45) is 0. The van der Waals surface area contributed by atoms with Gasteiger partial charge in [0.05, 0.1) is 20.8 Å². The van der Waals surface area contributed by atoms with Crippen LogP contribution >= 0.6 is 0 Å². The van der Waals surface area contributed by atoms with Crippen LogP contribution in [0.2, 0.25) is 0 Å². The smallest absolute Gasteiger partial charge is 0.136 e. The first-order valence-electron chi connectivity index (χ1n) is 23.0. The lowest BCUT2D eigenvalue weighted by Gasteiger charge is -2.28. The molecule has 0 aliphatic rings. The highest BCUT2D eigenvalue weighted by Crippen LogP contribution is 2.42. The Bertz CT molecular complexity index is 3540. The van der Waals surface area contributed by atoms with E-state index >= 15 is 0 Å². The van der Waals surface area contributed by atoms with Gasteiger partial charge >= 0.3 is 0 Å². The molecule has 0 radical (unpaired) electrons. The number of hydrogen-bond donors (Lipinski definition) is 0. The molecule has 0 saturated carbocycles. The van der Waals surface area contributed by atoms with E-state index < -0.39 is 42.3 Å². The Labute approximate surface area is 330 Å². The van der Waals surface area contributed by atoms with Gasteiger partial charge in [0, 0.05) is 27.7 Å². The van der Waals surface area contributed by atoms with Crippen molar-refractivity contribution in [1.29, 1.82) is 0 Å². The van der Waals surface area contributed by atoms with Crippen LogP contribution in [0.4, 0.5) is 17.1 Å². The predicted octanol–water partition coefficient (Wildman–Crippen LogP) is 14.9. The molecule has 0 bridgehead atoms. The van der Waals surface area contributed by atoms with Gasteiger partial charge in [-0.1, -0.05) is 158 Å². The summed E-state index contributed by atoms with van der Waals surface area (Å²) in [6, 6.07) is 42.7. The van der Waals surface area contributed by atoms with E-state index in [-0.39, 0.29) is 73.6 Å². The first kappa shape index (κ1) is 22.0. The molecule has 2 heteroatoms. The van der Waals surface area contributed by atoms with Crippen LogP contribution in [-0.4, -0.2) is 0 Å². The predicted molar refractivity (Wildman–Crippen MR) is 228 cm³/mol. The van der Waals surface area contributed by atoms with Crippen molar-refractivity contribution in [3.63, 3.8) is 0 Å². The van der Waals surface area contributed by atoms with E-state index in [0.29, 0.717) is 5.56 Å². The maximum absolute atomic E-state index is 9.53. The lowest BCUT2D eigenvalue weighted by Crippen LogP contribution is -2.11. The fourth-order valence-electron chi connectivity index (χ4n) is 7.02. The van der Waals surface area contributed by atoms with Gasteiger partial charge in [-0.05, 0) is 104 Å². The summed E-state index contributed by atoms with van der Waals surface area (Å²) in [6.45, 7) is 0. The molecule has 0 spiro atoms. The van der Waals surface area contributed by atoms with Crippen LogP contribution in [0.3, 0.4) is 0 Å². The molecule has 0 amide bonds. The Kier molecular flexibility index (Phi) is 5.48. The van der Waals surface area contributed by atoms with E-state index in [1.807, 2.05) is 60.7 Å². The molecule has 10 rings (SSSR count). The molecule has 0 N–H and O–H groups in total. The zero-order valence-corrected chi connectivity index (χ0v) is 28.7. The largest absolute Gasteiger partial charge is 0.456 e. The SMILES string of the molecule is [2H]c1c([2H])c(-c2ccc(N(c3ccc(-c4ccccc4)cc3)c3ccccc3-c3ccccc3)cc2)c([2H])c(-c2cc([2H])c3c(c2)c([2H])c([2H])c2oc4c([2H])c([2H])c([2H])c([2H])c4c23)c1[2H]. The van der Waals surface area contributed by atoms with E-state index in [9.17, 15) is 2.74 Å². The lowest BCUT2D eigenvalue weighted by atomic mass is 9.96. The van der Waals surface area contributed by atoms with Gasteiger partial charge in [0.1, 0.15) is 11.2 Å². The third-order valence-corrected chi connectivity index (χ3v) is 9.63. The van der Waals surface area contributed by atoms with Crippen molar-refractivity contribution in [2.24, 2.45) is 0 Å². The molecule has 0 fully saturated rings. The lowest BCUT2D eigenvalue weighted by molar-refractivity contribution is 0.669. The summed E-state index contributed by atoms with van der Waals surface area (Å²) in [5.41, 5.74) is 7.11. The number of anilines is 3. The second-order valence-corrected chi connectivity index (χ2v) is 12.9. The number of benzene rings is 9. The molecule has 0 aliphatic carbocycles. The first-order valence-corrected chi connectivity index (χ1v) is 17.5. The van der Waals surface area contributed by atoms with Crippen molar-refractivity contribution >= 4 is 49.8 Å². The van der Waals surface area contributed by atoms with E-state index in [1.165, 1.54) is 12.1 Å². The van der Waals surface area contributed by atoms with Gasteiger partial charge in [-0.2, -0.15) is 0 Å². The van der Waals surface area contributed by atoms with Gasteiger partial charge in [-0.25, -0.2) is 0 Å². The first-order chi connectivity index (χ1) is 31.3. The molecular formula is C52H35NO. The summed E-state index contributed by atoms with van der Waals surface area (Å²) < 4.78 is 103. The van der Waals surface area contributed by atoms with Crippen molar-refractivity contribution in [3.8, 4) is 44.5 Å². The molecule has 54 heavy (non-hydrogen) atoms. The van der Waals surface area contributed by atoms with Gasteiger partial charge in [-0.3, -0.25) is 0 Å². The number of rotatable bonds is 7. The Hall–Kier alpha value is -7.16. The second kappa shape index (κ2) is 13.4. The van der Waals surface area contributed by atoms with Gasteiger partial charge < -0.3 is 9.32 Å². The molecule has 9 aromatic carbocycles. The number of nitrogens with zero attached hydrogens (tertiary/aromatic N) is 1. The minimum atomic E-state index is -0.517. The third kappa shape index (κ3) is 5.71. The Morgan fingerprint density at radius 3 is 1.76 bits per heavy atom. The molecule has 0 saturated heterocycles. The molecule has 0 unspecified atom stereocenters. The van der Waals surface area contributed by atoms with Crippen molar-refractivity contribution in [3.05, 3.63) is 212 Å². The number of hydrogen-bond acceptors (Lipinski definition) is 2. The van der Waals surface area contributed by atoms with Crippen LogP contribution in [0.5, 0.6) is 0 Å². The number of furan rings is 1. The third-order valence-electron chi connectivity index (χ3n) is 9.63. The van der Waals surface area contributed by atoms with Crippen LogP contribution in [0.15, 0.2) is 216 Å². The molecule has 2 nitrogen and oxygen atoms in total. The number of para-hydroxylation sites is 2. The topological polar surface area (TPSA) is 16.4 Å². The average molecular weight is 701 g/mol. The molecule has 0 aliphatic heterocycles. The van der Waals surface area contributed by atoms with Gasteiger partial charge in [0.25, 0.3) is 0 Å². The highest BCUT2D eigenvalue weighted by molar-refractivity contribution is 6.19. The summed E-state index contributed by atoms with van der Waals surface area (Å²) in [5, 5.41) is 0.252. The summed E-state index contributed by atoms with van der Waals surface area (Å²) in [4.78, 5) is 2.15. The van der Waals surface area contributed by atoms with Crippen molar-refractivity contribution in [2.45, 2.75) is 0 Å². The fourth-order valence-corrected chi connectivity index (χ4v) is 7.02. The van der Waals surface area contributed by atoms with E-state index in [2.05, 4.69) is 65.6 Å². The van der Waals surface area contributed by atoms with Crippen LogP contribution in [-0.2, 0) is 0 Å². The highest BCUT2D eigenvalue weighted by atomic mass is 16.3. The van der Waals surface area contributed by atoms with Gasteiger partial charge in [0.2, 0.25) is 0 Å². The van der Waals surface area contributed by atoms with Gasteiger partial charge in [-0.15, -0.1) is 0 Å². The Morgan fingerprint density at radius 1 is 0.407 bits per heavy atom. The zero-order chi connectivity index (χ0) is 45.4. The van der Waals surface area contributed by atoms with Crippen molar-refractivity contribution in [1.82, 2.24) is 0 Å². The summed E-state index contributed by atoms with van der Waals surface area (Å²) in [7, 11) is 0. The summed E-state index contributed by atoms with van der Waals surface area (Å²) >= 11 is 0. The molecule has 1 heterocycles. The van der Waals surface area contributed by atoms with Crippen LogP contribution in [0.25, 0.3) is 77.2 Å². The molecule has 0 atom stereocenters. The Morgan fingerprint density at radius 2 is 1.02 bits per heavy atom. The molecule has 1 aromatic heterocycles. The monoisotopic (exact) mass is 700 g/mol. The second-order valence-electron chi connectivity index (χ2n) is 12.9. The van der Waals surface area contributed by atoms with Crippen LogP contribution in [0.1, 0.15) is 15.1 Å². The van der Waals surface area contributed by atoms with E-state index in [0.717, 1.165) is 39.3 Å². The maximum atomic E-state index is 9.53. The molecule has 10 aromatic rings. The Balaban J connectivity index is 1.12. The number of fused-ring (bicyclic) bond motifs is 5. The minimum absolute atomic E-state index is 0.0165. The fraction of sp³-hybridized carbons (Fsp3) is 0. The van der Waals surface area contributed by atoms with Crippen LogP contribution in [0, 0.1) is 0 Å². The van der Waals surface area contributed by atoms with Crippen molar-refractivity contribution < 1.29 is 19.5 Å². The quantitative estimate of drug-likeness (QED) is 0.165. The molecule has 254 valence electrons. The standard InChI is InChI=1S/C52H35NO/c1-3-12-36(13-4-1)37-22-28-44(29-23-37)53(49-20-9-7-18-46(49)39-14-5-2-6-15-39)45-30-24-38(25-31-45)40-16-11-17-41(34-40)42-26-32-47-43(35-42)27-33-51-52(47)48-19-8-10-21-50(48)54-51/h1-35H/i8D,10D,11D,16D,17D,19D,21D,27D,32D,33D,34D. The van der Waals surface area contributed by atoms with Crippen LogP contribution < -0.4 is 4.90 Å². The summed E-state index contributed by atoms with van der Waals surface area (Å²) in [5.74, 6) is 0. The van der Waals surface area contributed by atoms with E-state index in [4.69, 9.17) is 16.8 Å². The zero-order valence-electron chi connectivity index (χ0n) is 39.7. The van der Waals surface area contributed by atoms with Gasteiger partial charge in [0.15, 0.2) is 0 Å². The van der Waals surface area contributed by atoms with Crippen molar-refractivity contribution in [2.75, 3.05) is 4.90 Å². The maximum Gasteiger partial charge on any atom is 0.136 e. The highest BCUT2D eigenvalue weighted by Gasteiger charge is 2.18. The minimum Gasteiger partial charge on any atom is -0.456 e.